The second-order valence-electron chi connectivity index (χ2n) is 6.74. The SMILES string of the molecule is CC(C)CCN(c1n[nH]c(=S)n1C1CC1)C1CCCC1. The molecule has 5 heteroatoms. The smallest absolute Gasteiger partial charge is 0.226 e. The third-order valence-electron chi connectivity index (χ3n) is 4.57. The summed E-state index contributed by atoms with van der Waals surface area (Å²) in [6.45, 7) is 5.70. The van der Waals surface area contributed by atoms with Crippen LogP contribution in [0.25, 0.3) is 0 Å². The lowest BCUT2D eigenvalue weighted by Gasteiger charge is -2.30. The highest BCUT2D eigenvalue weighted by Gasteiger charge is 2.32. The summed E-state index contributed by atoms with van der Waals surface area (Å²) >= 11 is 5.44. The normalized spacial score (nSPS) is 19.9. The molecule has 112 valence electrons. The van der Waals surface area contributed by atoms with Gasteiger partial charge in [0, 0.05) is 18.6 Å². The maximum atomic E-state index is 5.44. The molecule has 2 aliphatic rings. The first-order chi connectivity index (χ1) is 9.66. The highest BCUT2D eigenvalue weighted by Crippen LogP contribution is 2.39. The van der Waals surface area contributed by atoms with Gasteiger partial charge < -0.3 is 4.90 Å². The van der Waals surface area contributed by atoms with Gasteiger partial charge in [0.1, 0.15) is 0 Å². The minimum Gasteiger partial charge on any atom is -0.338 e. The Kier molecular flexibility index (Phi) is 4.15. The highest BCUT2D eigenvalue weighted by molar-refractivity contribution is 7.71. The molecule has 3 rings (SSSR count). The zero-order chi connectivity index (χ0) is 14.1. The van der Waals surface area contributed by atoms with Crippen LogP contribution >= 0.6 is 12.2 Å². The molecule has 2 saturated carbocycles. The van der Waals surface area contributed by atoms with Crippen molar-refractivity contribution in [1.82, 2.24) is 14.8 Å². The van der Waals surface area contributed by atoms with Gasteiger partial charge in [0.2, 0.25) is 5.95 Å². The summed E-state index contributed by atoms with van der Waals surface area (Å²) in [5, 5.41) is 7.60. The van der Waals surface area contributed by atoms with E-state index < -0.39 is 0 Å². The number of hydrogen-bond acceptors (Lipinski definition) is 3. The second kappa shape index (κ2) is 5.88. The lowest BCUT2D eigenvalue weighted by atomic mass is 10.1. The van der Waals surface area contributed by atoms with Crippen molar-refractivity contribution in [2.45, 2.75) is 70.9 Å². The van der Waals surface area contributed by atoms with Crippen molar-refractivity contribution in [3.05, 3.63) is 4.77 Å². The Morgan fingerprint density at radius 3 is 2.60 bits per heavy atom. The Bertz CT molecular complexity index is 494. The predicted octanol–water partition coefficient (Wildman–Crippen LogP) is 4.07. The minimum atomic E-state index is 0.596. The largest absolute Gasteiger partial charge is 0.338 e. The Morgan fingerprint density at radius 2 is 2.00 bits per heavy atom. The fraction of sp³-hybridized carbons (Fsp3) is 0.867. The van der Waals surface area contributed by atoms with Crippen LogP contribution in [0, 0.1) is 10.7 Å². The van der Waals surface area contributed by atoms with Gasteiger partial charge in [-0.3, -0.25) is 4.57 Å². The van der Waals surface area contributed by atoms with E-state index in [0.717, 1.165) is 23.2 Å². The number of aromatic nitrogens is 3. The average molecular weight is 294 g/mol. The van der Waals surface area contributed by atoms with Crippen molar-refractivity contribution in [1.29, 1.82) is 0 Å². The molecule has 0 atom stereocenters. The summed E-state index contributed by atoms with van der Waals surface area (Å²) in [5.41, 5.74) is 0. The minimum absolute atomic E-state index is 0.596. The zero-order valence-corrected chi connectivity index (χ0v) is 13.5. The van der Waals surface area contributed by atoms with Crippen molar-refractivity contribution in [2.24, 2.45) is 5.92 Å². The number of hydrogen-bond donors (Lipinski definition) is 1. The van der Waals surface area contributed by atoms with Gasteiger partial charge in [-0.25, -0.2) is 5.10 Å². The molecule has 1 aromatic heterocycles. The predicted molar refractivity (Wildman–Crippen MR) is 84.7 cm³/mol. The van der Waals surface area contributed by atoms with Crippen molar-refractivity contribution in [3.8, 4) is 0 Å². The topological polar surface area (TPSA) is 36.9 Å². The van der Waals surface area contributed by atoms with Crippen molar-refractivity contribution in [2.75, 3.05) is 11.4 Å². The zero-order valence-electron chi connectivity index (χ0n) is 12.6. The third-order valence-corrected chi connectivity index (χ3v) is 4.86. The van der Waals surface area contributed by atoms with Gasteiger partial charge in [0.25, 0.3) is 0 Å². The van der Waals surface area contributed by atoms with E-state index in [2.05, 4.69) is 33.5 Å². The first-order valence-corrected chi connectivity index (χ1v) is 8.51. The molecule has 1 heterocycles. The highest BCUT2D eigenvalue weighted by atomic mass is 32.1. The van der Waals surface area contributed by atoms with Crippen LogP contribution in [0.2, 0.25) is 0 Å². The van der Waals surface area contributed by atoms with Gasteiger partial charge in [-0.2, -0.15) is 0 Å². The van der Waals surface area contributed by atoms with Gasteiger partial charge in [0.15, 0.2) is 4.77 Å². The standard InChI is InChI=1S/C15H26N4S/c1-11(2)9-10-18(12-5-3-4-6-12)14-16-17-15(20)19(14)13-7-8-13/h11-13H,3-10H2,1-2H3,(H,17,20). The molecule has 1 aromatic rings. The van der Waals surface area contributed by atoms with E-state index in [0.29, 0.717) is 12.1 Å². The van der Waals surface area contributed by atoms with Crippen molar-refractivity contribution in [3.63, 3.8) is 0 Å². The molecule has 1 N–H and O–H groups in total. The molecule has 4 nitrogen and oxygen atoms in total. The summed E-state index contributed by atoms with van der Waals surface area (Å²) in [4.78, 5) is 2.54. The van der Waals surface area contributed by atoms with Crippen LogP contribution in [0.15, 0.2) is 0 Å². The van der Waals surface area contributed by atoms with Crippen LogP contribution in [-0.2, 0) is 0 Å². The number of rotatable bonds is 6. The molecule has 0 amide bonds. The Morgan fingerprint density at radius 1 is 1.30 bits per heavy atom. The molecule has 2 aliphatic carbocycles. The molecular weight excluding hydrogens is 268 g/mol. The lowest BCUT2D eigenvalue weighted by molar-refractivity contribution is 0.511. The Labute approximate surface area is 126 Å². The van der Waals surface area contributed by atoms with E-state index in [1.807, 2.05) is 0 Å². The first kappa shape index (κ1) is 14.1. The maximum Gasteiger partial charge on any atom is 0.226 e. The Balaban J connectivity index is 1.85. The van der Waals surface area contributed by atoms with E-state index >= 15 is 0 Å². The second-order valence-corrected chi connectivity index (χ2v) is 7.13. The molecule has 0 saturated heterocycles. The summed E-state index contributed by atoms with van der Waals surface area (Å²) in [7, 11) is 0. The molecule has 20 heavy (non-hydrogen) atoms. The lowest BCUT2D eigenvalue weighted by Crippen LogP contribution is -2.36. The van der Waals surface area contributed by atoms with Crippen LogP contribution in [0.5, 0.6) is 0 Å². The number of aromatic amines is 1. The fourth-order valence-corrected chi connectivity index (χ4v) is 3.50. The molecule has 0 bridgehead atoms. The van der Waals surface area contributed by atoms with Crippen LogP contribution < -0.4 is 4.90 Å². The molecule has 0 aromatic carbocycles. The van der Waals surface area contributed by atoms with E-state index in [1.54, 1.807) is 0 Å². The van der Waals surface area contributed by atoms with Gasteiger partial charge in [-0.1, -0.05) is 26.7 Å². The number of nitrogens with one attached hydrogen (secondary N) is 1. The van der Waals surface area contributed by atoms with Gasteiger partial charge >= 0.3 is 0 Å². The molecule has 0 radical (unpaired) electrons. The van der Waals surface area contributed by atoms with Crippen LogP contribution in [0.4, 0.5) is 5.95 Å². The number of anilines is 1. The summed E-state index contributed by atoms with van der Waals surface area (Å²) in [6, 6.07) is 1.26. The van der Waals surface area contributed by atoms with Crippen LogP contribution in [-0.4, -0.2) is 27.4 Å². The quantitative estimate of drug-likeness (QED) is 0.804. The molecule has 0 spiro atoms. The van der Waals surface area contributed by atoms with Crippen molar-refractivity contribution >= 4 is 18.2 Å². The van der Waals surface area contributed by atoms with Gasteiger partial charge in [0.05, 0.1) is 0 Å². The van der Waals surface area contributed by atoms with Gasteiger partial charge in [-0.15, -0.1) is 5.10 Å². The molecular formula is C15H26N4S. The van der Waals surface area contributed by atoms with E-state index in [-0.39, 0.29) is 0 Å². The molecule has 2 fully saturated rings. The Hall–Kier alpha value is -0.840. The molecule has 0 aliphatic heterocycles. The van der Waals surface area contributed by atoms with E-state index in [4.69, 9.17) is 12.2 Å². The molecule has 0 unspecified atom stereocenters. The monoisotopic (exact) mass is 294 g/mol. The average Bonchev–Trinajstić information content (AvgIpc) is 2.95. The summed E-state index contributed by atoms with van der Waals surface area (Å²) in [5.74, 6) is 1.83. The summed E-state index contributed by atoms with van der Waals surface area (Å²) < 4.78 is 3.07. The number of nitrogens with zero attached hydrogens (tertiary/aromatic N) is 3. The summed E-state index contributed by atoms with van der Waals surface area (Å²) in [6.07, 6.45) is 9.06. The number of H-pyrrole nitrogens is 1. The van der Waals surface area contributed by atoms with Gasteiger partial charge in [-0.05, 0) is 50.2 Å². The maximum absolute atomic E-state index is 5.44. The van der Waals surface area contributed by atoms with E-state index in [9.17, 15) is 0 Å². The third kappa shape index (κ3) is 2.92. The first-order valence-electron chi connectivity index (χ1n) is 8.10. The van der Waals surface area contributed by atoms with E-state index in [1.165, 1.54) is 44.9 Å². The van der Waals surface area contributed by atoms with Crippen molar-refractivity contribution < 1.29 is 0 Å². The van der Waals surface area contributed by atoms with Crippen LogP contribution in [0.1, 0.15) is 64.8 Å². The van der Waals surface area contributed by atoms with Crippen LogP contribution in [0.3, 0.4) is 0 Å². The fourth-order valence-electron chi connectivity index (χ4n) is 3.22.